The van der Waals surface area contributed by atoms with Gasteiger partial charge >= 0.3 is 0 Å². The number of nitriles is 1. The van der Waals surface area contributed by atoms with Crippen molar-refractivity contribution in [1.29, 1.82) is 5.26 Å². The summed E-state index contributed by atoms with van der Waals surface area (Å²) in [6, 6.07) is 15.6. The van der Waals surface area contributed by atoms with Crippen molar-refractivity contribution in [3.63, 3.8) is 0 Å². The van der Waals surface area contributed by atoms with Gasteiger partial charge in [0.05, 0.1) is 18.7 Å². The summed E-state index contributed by atoms with van der Waals surface area (Å²) in [6.45, 7) is 0.996. The second kappa shape index (κ2) is 13.2. The zero-order chi connectivity index (χ0) is 24.2. The van der Waals surface area contributed by atoms with Crippen molar-refractivity contribution < 1.29 is 14.3 Å². The maximum atomic E-state index is 13.0. The molecule has 2 amide bonds. The van der Waals surface area contributed by atoms with Gasteiger partial charge < -0.3 is 20.7 Å². The molecular weight excluding hydrogens is 428 g/mol. The van der Waals surface area contributed by atoms with E-state index in [0.717, 1.165) is 17.9 Å². The Morgan fingerprint density at radius 2 is 1.85 bits per heavy atom. The summed E-state index contributed by atoms with van der Waals surface area (Å²) < 4.78 is 5.16. The molecule has 2 aromatic rings. The van der Waals surface area contributed by atoms with Crippen LogP contribution in [-0.2, 0) is 4.79 Å². The quantitative estimate of drug-likeness (QED) is 0.433. The lowest BCUT2D eigenvalue weighted by Gasteiger charge is -2.24. The first-order chi connectivity index (χ1) is 16.6. The molecule has 0 heterocycles. The third-order valence-electron chi connectivity index (χ3n) is 6.31. The average molecular weight is 463 g/mol. The van der Waals surface area contributed by atoms with Gasteiger partial charge in [-0.3, -0.25) is 9.59 Å². The van der Waals surface area contributed by atoms with Crippen molar-refractivity contribution in [2.45, 2.75) is 51.0 Å². The molecule has 1 saturated carbocycles. The normalized spacial score (nSPS) is 14.5. The highest BCUT2D eigenvalue weighted by Crippen LogP contribution is 2.27. The fraction of sp³-hybridized carbons (Fsp3) is 0.444. The summed E-state index contributed by atoms with van der Waals surface area (Å²) in [5.41, 5.74) is 1.74. The highest BCUT2D eigenvalue weighted by Gasteiger charge is 2.23. The Morgan fingerprint density at radius 1 is 1.09 bits per heavy atom. The van der Waals surface area contributed by atoms with Gasteiger partial charge in [0.15, 0.2) is 0 Å². The van der Waals surface area contributed by atoms with Crippen LogP contribution in [0.15, 0.2) is 48.5 Å². The number of carbonyl (C=O) groups excluding carboxylic acids is 2. The summed E-state index contributed by atoms with van der Waals surface area (Å²) in [4.78, 5) is 25.8. The number of hydrogen-bond donors (Lipinski definition) is 3. The Morgan fingerprint density at radius 3 is 2.56 bits per heavy atom. The predicted octanol–water partition coefficient (Wildman–Crippen LogP) is 4.25. The van der Waals surface area contributed by atoms with Crippen molar-refractivity contribution in [2.24, 2.45) is 5.92 Å². The zero-order valence-corrected chi connectivity index (χ0v) is 19.8. The van der Waals surface area contributed by atoms with Crippen LogP contribution in [0.4, 0.5) is 5.69 Å². The van der Waals surface area contributed by atoms with Gasteiger partial charge in [0.1, 0.15) is 11.8 Å². The van der Waals surface area contributed by atoms with Gasteiger partial charge in [0.2, 0.25) is 5.91 Å². The molecule has 1 unspecified atom stereocenters. The van der Waals surface area contributed by atoms with E-state index in [-0.39, 0.29) is 11.8 Å². The summed E-state index contributed by atoms with van der Waals surface area (Å²) in [5.74, 6) is 0.879. The van der Waals surface area contributed by atoms with E-state index in [1.807, 2.05) is 30.3 Å². The van der Waals surface area contributed by atoms with Gasteiger partial charge in [0.25, 0.3) is 5.91 Å². The van der Waals surface area contributed by atoms with Gasteiger partial charge in [-0.2, -0.15) is 5.26 Å². The average Bonchev–Trinajstić information content (AvgIpc) is 2.89. The number of hydrogen-bond acceptors (Lipinski definition) is 5. The first kappa shape index (κ1) is 25.1. The lowest BCUT2D eigenvalue weighted by Crippen LogP contribution is -2.47. The minimum Gasteiger partial charge on any atom is -0.497 e. The third kappa shape index (κ3) is 7.80. The second-order valence-electron chi connectivity index (χ2n) is 8.75. The number of amides is 2. The molecule has 0 bridgehead atoms. The van der Waals surface area contributed by atoms with Crippen LogP contribution in [-0.4, -0.2) is 38.1 Å². The lowest BCUT2D eigenvalue weighted by molar-refractivity contribution is -0.123. The SMILES string of the molecule is COc1ccc(NCCNC(=O)C(CCC2CCCCC2)NC(=O)c2cccc(C#N)c2)cc1. The predicted molar refractivity (Wildman–Crippen MR) is 133 cm³/mol. The molecule has 3 rings (SSSR count). The van der Waals surface area contributed by atoms with E-state index in [2.05, 4.69) is 16.0 Å². The van der Waals surface area contributed by atoms with Crippen LogP contribution in [0.25, 0.3) is 0 Å². The van der Waals surface area contributed by atoms with E-state index in [1.54, 1.807) is 31.4 Å². The maximum absolute atomic E-state index is 13.0. The van der Waals surface area contributed by atoms with Crippen LogP contribution < -0.4 is 20.7 Å². The molecule has 1 aliphatic carbocycles. The minimum atomic E-state index is -0.610. The molecule has 2 aromatic carbocycles. The molecule has 3 N–H and O–H groups in total. The molecule has 7 nitrogen and oxygen atoms in total. The molecular formula is C27H34N4O3. The van der Waals surface area contributed by atoms with E-state index in [9.17, 15) is 9.59 Å². The molecule has 7 heteroatoms. The van der Waals surface area contributed by atoms with E-state index >= 15 is 0 Å². The largest absolute Gasteiger partial charge is 0.497 e. The van der Waals surface area contributed by atoms with Crippen LogP contribution in [0.1, 0.15) is 60.9 Å². The minimum absolute atomic E-state index is 0.183. The molecule has 34 heavy (non-hydrogen) atoms. The van der Waals surface area contributed by atoms with E-state index < -0.39 is 6.04 Å². The van der Waals surface area contributed by atoms with Crippen molar-refractivity contribution in [2.75, 3.05) is 25.5 Å². The summed E-state index contributed by atoms with van der Waals surface area (Å²) in [7, 11) is 1.63. The van der Waals surface area contributed by atoms with Crippen LogP contribution >= 0.6 is 0 Å². The molecule has 0 aromatic heterocycles. The Bertz CT molecular complexity index is 978. The zero-order valence-electron chi connectivity index (χ0n) is 19.8. The molecule has 180 valence electrons. The first-order valence-electron chi connectivity index (χ1n) is 12.1. The summed E-state index contributed by atoms with van der Waals surface area (Å²) in [5, 5.41) is 18.2. The molecule has 1 fully saturated rings. The van der Waals surface area contributed by atoms with Gasteiger partial charge in [-0.1, -0.05) is 38.2 Å². The van der Waals surface area contributed by atoms with Gasteiger partial charge in [-0.25, -0.2) is 0 Å². The number of nitrogens with one attached hydrogen (secondary N) is 3. The number of benzene rings is 2. The standard InChI is InChI=1S/C27H34N4O3/c1-34-24-13-11-23(12-14-24)29-16-17-30-27(33)25(15-10-20-6-3-2-4-7-20)31-26(32)22-9-5-8-21(18-22)19-28/h5,8-9,11-14,18,20,25,29H,2-4,6-7,10,15-17H2,1H3,(H,30,33)(H,31,32). The number of carbonyl (C=O) groups is 2. The van der Waals surface area contributed by atoms with Gasteiger partial charge in [-0.15, -0.1) is 0 Å². The van der Waals surface area contributed by atoms with Crippen LogP contribution in [0.5, 0.6) is 5.75 Å². The molecule has 0 spiro atoms. The fourth-order valence-electron chi connectivity index (χ4n) is 4.34. The van der Waals surface area contributed by atoms with Crippen LogP contribution in [0, 0.1) is 17.2 Å². The molecule has 1 aliphatic rings. The number of nitrogens with zero attached hydrogens (tertiary/aromatic N) is 1. The number of anilines is 1. The smallest absolute Gasteiger partial charge is 0.251 e. The Hall–Kier alpha value is -3.53. The van der Waals surface area contributed by atoms with Gasteiger partial charge in [0, 0.05) is 24.3 Å². The van der Waals surface area contributed by atoms with Crippen molar-refractivity contribution in [3.8, 4) is 11.8 Å². The molecule has 0 saturated heterocycles. The lowest BCUT2D eigenvalue weighted by atomic mass is 9.85. The third-order valence-corrected chi connectivity index (χ3v) is 6.31. The number of rotatable bonds is 11. The van der Waals surface area contributed by atoms with Crippen molar-refractivity contribution >= 4 is 17.5 Å². The second-order valence-corrected chi connectivity index (χ2v) is 8.75. The monoisotopic (exact) mass is 462 g/mol. The summed E-state index contributed by atoms with van der Waals surface area (Å²) in [6.07, 6.45) is 7.68. The van der Waals surface area contributed by atoms with Crippen molar-refractivity contribution in [3.05, 3.63) is 59.7 Å². The maximum Gasteiger partial charge on any atom is 0.251 e. The fourth-order valence-corrected chi connectivity index (χ4v) is 4.34. The van der Waals surface area contributed by atoms with E-state index in [1.165, 1.54) is 32.1 Å². The van der Waals surface area contributed by atoms with E-state index in [0.29, 0.717) is 36.6 Å². The van der Waals surface area contributed by atoms with Crippen molar-refractivity contribution in [1.82, 2.24) is 10.6 Å². The van der Waals surface area contributed by atoms with Gasteiger partial charge in [-0.05, 0) is 61.2 Å². The van der Waals surface area contributed by atoms with Crippen LogP contribution in [0.3, 0.4) is 0 Å². The molecule has 0 aliphatic heterocycles. The first-order valence-corrected chi connectivity index (χ1v) is 12.1. The Balaban J connectivity index is 1.55. The number of ether oxygens (including phenoxy) is 1. The molecule has 1 atom stereocenters. The number of methoxy groups -OCH3 is 1. The topological polar surface area (TPSA) is 103 Å². The Kier molecular flexibility index (Phi) is 9.78. The highest BCUT2D eigenvalue weighted by molar-refractivity contribution is 5.97. The Labute approximate surface area is 201 Å². The molecule has 0 radical (unpaired) electrons. The summed E-state index contributed by atoms with van der Waals surface area (Å²) >= 11 is 0. The van der Waals surface area contributed by atoms with Crippen LogP contribution in [0.2, 0.25) is 0 Å². The van der Waals surface area contributed by atoms with E-state index in [4.69, 9.17) is 10.00 Å². The highest BCUT2D eigenvalue weighted by atomic mass is 16.5.